The number of halogens is 2. The summed E-state index contributed by atoms with van der Waals surface area (Å²) in [6.07, 6.45) is 2.57. The van der Waals surface area contributed by atoms with Crippen LogP contribution in [0, 0.1) is 0 Å². The van der Waals surface area contributed by atoms with Gasteiger partial charge >= 0.3 is 6.03 Å². The molecule has 2 aromatic rings. The fraction of sp³-hybridized carbons (Fsp3) is 0.538. The molecule has 2 N–H and O–H groups in total. The zero-order chi connectivity index (χ0) is 27.4. The second-order valence-corrected chi connectivity index (χ2v) is 10.7. The molecule has 2 unspecified atom stereocenters. The van der Waals surface area contributed by atoms with E-state index in [0.717, 1.165) is 19.4 Å². The number of ether oxygens (including phenoxy) is 3. The number of nitrogens with zero attached hydrogens (tertiary/aromatic N) is 4. The summed E-state index contributed by atoms with van der Waals surface area (Å²) >= 11 is 0. The van der Waals surface area contributed by atoms with Crippen LogP contribution < -0.4 is 25.2 Å². The van der Waals surface area contributed by atoms with Crippen molar-refractivity contribution in [1.82, 2.24) is 15.3 Å². The van der Waals surface area contributed by atoms with Crippen LogP contribution in [0.1, 0.15) is 43.6 Å². The third-order valence-corrected chi connectivity index (χ3v) is 7.24. The van der Waals surface area contributed by atoms with E-state index in [1.807, 2.05) is 13.8 Å². The number of fused-ring (bicyclic) bond motifs is 4. The van der Waals surface area contributed by atoms with E-state index in [-0.39, 0.29) is 36.7 Å². The van der Waals surface area contributed by atoms with Crippen LogP contribution in [0.3, 0.4) is 0 Å². The van der Waals surface area contributed by atoms with Gasteiger partial charge in [-0.25, -0.2) is 23.5 Å². The summed E-state index contributed by atoms with van der Waals surface area (Å²) in [4.78, 5) is 38.6. The SMILES string of the molecule is CC1(C)OCC(COc2ccnc(NC(=O)N3c4nc(C(=O)NC5CC5(F)F)ccc4N4CCC[C@H]3C4)c2)O1. The highest BCUT2D eigenvalue weighted by Gasteiger charge is 2.58. The molecule has 0 radical (unpaired) electrons. The van der Waals surface area contributed by atoms with E-state index in [2.05, 4.69) is 25.5 Å². The Balaban J connectivity index is 1.18. The van der Waals surface area contributed by atoms with E-state index in [4.69, 9.17) is 14.2 Å². The van der Waals surface area contributed by atoms with Crippen molar-refractivity contribution >= 4 is 29.3 Å². The summed E-state index contributed by atoms with van der Waals surface area (Å²) in [5.41, 5.74) is 0.686. The molecular weight excluding hydrogens is 514 g/mol. The lowest BCUT2D eigenvalue weighted by atomic mass is 10.00. The molecule has 1 aliphatic carbocycles. The van der Waals surface area contributed by atoms with Gasteiger partial charge in [-0.05, 0) is 44.9 Å². The Kier molecular flexibility index (Phi) is 6.29. The minimum atomic E-state index is -2.89. The van der Waals surface area contributed by atoms with Gasteiger partial charge in [-0.2, -0.15) is 0 Å². The van der Waals surface area contributed by atoms with Crippen LogP contribution in [-0.4, -0.2) is 78.1 Å². The molecule has 2 saturated heterocycles. The normalized spacial score (nSPS) is 26.0. The molecule has 39 heavy (non-hydrogen) atoms. The van der Waals surface area contributed by atoms with E-state index in [1.54, 1.807) is 18.2 Å². The molecule has 3 amide bonds. The minimum absolute atomic E-state index is 0.0229. The molecule has 2 bridgehead atoms. The maximum absolute atomic E-state index is 13.6. The minimum Gasteiger partial charge on any atom is -0.491 e. The van der Waals surface area contributed by atoms with Crippen LogP contribution in [0.4, 0.5) is 30.9 Å². The number of piperidine rings is 1. The molecule has 0 spiro atoms. The summed E-state index contributed by atoms with van der Waals surface area (Å²) in [6.45, 7) is 5.80. The number of rotatable bonds is 6. The summed E-state index contributed by atoms with van der Waals surface area (Å²) in [6, 6.07) is 4.69. The maximum Gasteiger partial charge on any atom is 0.329 e. The molecular formula is C26H30F2N6O5. The molecule has 3 aliphatic heterocycles. The Morgan fingerprint density at radius 1 is 1.26 bits per heavy atom. The first kappa shape index (κ1) is 25.7. The first-order valence-electron chi connectivity index (χ1n) is 13.0. The number of urea groups is 1. The van der Waals surface area contributed by atoms with Gasteiger partial charge in [-0.15, -0.1) is 0 Å². The van der Waals surface area contributed by atoms with Gasteiger partial charge in [0.25, 0.3) is 11.8 Å². The van der Waals surface area contributed by atoms with E-state index in [0.29, 0.717) is 30.4 Å². The Labute approximate surface area is 223 Å². The van der Waals surface area contributed by atoms with Gasteiger partial charge < -0.3 is 24.4 Å². The first-order valence-corrected chi connectivity index (χ1v) is 13.0. The maximum atomic E-state index is 13.6. The van der Waals surface area contributed by atoms with Crippen LogP contribution in [0.2, 0.25) is 0 Å². The largest absolute Gasteiger partial charge is 0.491 e. The van der Waals surface area contributed by atoms with E-state index in [1.165, 1.54) is 17.2 Å². The second-order valence-electron chi connectivity index (χ2n) is 10.7. The van der Waals surface area contributed by atoms with Gasteiger partial charge in [-0.1, -0.05) is 0 Å². The molecule has 2 aromatic heterocycles. The standard InChI is InChI=1S/C26H30F2N6O5/c1-25(2)38-14-17(39-25)13-37-16-7-8-29-21(10-16)32-24(36)34-15-4-3-9-33(12-15)19-6-5-18(30-22(19)34)23(35)31-20-11-26(20,27)28/h5-8,10,15,17,20H,3-4,9,11-14H2,1-2H3,(H,31,35)(H,29,32,36)/t15-,17?,20?/m0/s1. The number of anilines is 3. The molecule has 0 aromatic carbocycles. The predicted octanol–water partition coefficient (Wildman–Crippen LogP) is 3.17. The number of hydrogen-bond acceptors (Lipinski definition) is 8. The fourth-order valence-electron chi connectivity index (χ4n) is 5.19. The monoisotopic (exact) mass is 544 g/mol. The molecule has 6 rings (SSSR count). The number of nitrogens with one attached hydrogen (secondary N) is 2. The molecule has 13 heteroatoms. The average molecular weight is 545 g/mol. The van der Waals surface area contributed by atoms with Crippen LogP contribution in [0.5, 0.6) is 5.75 Å². The Morgan fingerprint density at radius 2 is 2.08 bits per heavy atom. The van der Waals surface area contributed by atoms with Crippen LogP contribution in [0.15, 0.2) is 30.5 Å². The third kappa shape index (κ3) is 5.33. The zero-order valence-electron chi connectivity index (χ0n) is 21.7. The van der Waals surface area contributed by atoms with Crippen molar-refractivity contribution in [1.29, 1.82) is 0 Å². The zero-order valence-corrected chi connectivity index (χ0v) is 21.7. The van der Waals surface area contributed by atoms with Crippen molar-refractivity contribution in [2.24, 2.45) is 0 Å². The smallest absolute Gasteiger partial charge is 0.329 e. The lowest BCUT2D eigenvalue weighted by Crippen LogP contribution is -2.56. The Hall–Kier alpha value is -3.58. The Morgan fingerprint density at radius 3 is 2.82 bits per heavy atom. The Bertz CT molecular complexity index is 1290. The van der Waals surface area contributed by atoms with Gasteiger partial charge in [0.05, 0.1) is 24.4 Å². The molecule has 3 atom stereocenters. The molecule has 5 heterocycles. The van der Waals surface area contributed by atoms with Crippen molar-refractivity contribution in [2.75, 3.05) is 41.4 Å². The molecule has 11 nitrogen and oxygen atoms in total. The summed E-state index contributed by atoms with van der Waals surface area (Å²) in [5.74, 6) is -3.14. The van der Waals surface area contributed by atoms with Crippen molar-refractivity contribution in [3.05, 3.63) is 36.2 Å². The van der Waals surface area contributed by atoms with Crippen LogP contribution in [-0.2, 0) is 9.47 Å². The highest BCUT2D eigenvalue weighted by Crippen LogP contribution is 2.42. The van der Waals surface area contributed by atoms with Crippen molar-refractivity contribution in [3.8, 4) is 5.75 Å². The van der Waals surface area contributed by atoms with Gasteiger partial charge in [0.2, 0.25) is 0 Å². The number of aromatic nitrogens is 2. The van der Waals surface area contributed by atoms with Gasteiger partial charge in [0.15, 0.2) is 11.6 Å². The number of pyridine rings is 2. The highest BCUT2D eigenvalue weighted by molar-refractivity contribution is 6.04. The van der Waals surface area contributed by atoms with Crippen molar-refractivity contribution < 1.29 is 32.6 Å². The van der Waals surface area contributed by atoms with Gasteiger partial charge in [0.1, 0.15) is 30.0 Å². The number of amides is 3. The van der Waals surface area contributed by atoms with Crippen molar-refractivity contribution in [3.63, 3.8) is 0 Å². The van der Waals surface area contributed by atoms with Gasteiger partial charge in [0, 0.05) is 31.8 Å². The first-order chi connectivity index (χ1) is 18.6. The van der Waals surface area contributed by atoms with E-state index in [9.17, 15) is 18.4 Å². The molecule has 3 fully saturated rings. The van der Waals surface area contributed by atoms with E-state index < -0.39 is 29.7 Å². The third-order valence-electron chi connectivity index (χ3n) is 7.24. The fourth-order valence-corrected chi connectivity index (χ4v) is 5.19. The number of alkyl halides is 2. The molecule has 4 aliphatic rings. The van der Waals surface area contributed by atoms with Gasteiger partial charge in [-0.3, -0.25) is 15.0 Å². The number of carbonyl (C=O) groups excluding carboxylic acids is 2. The topological polar surface area (TPSA) is 118 Å². The summed E-state index contributed by atoms with van der Waals surface area (Å²) in [7, 11) is 0. The average Bonchev–Trinajstić information content (AvgIpc) is 3.33. The van der Waals surface area contributed by atoms with E-state index >= 15 is 0 Å². The summed E-state index contributed by atoms with van der Waals surface area (Å²) in [5, 5.41) is 5.14. The quantitative estimate of drug-likeness (QED) is 0.570. The second kappa shape index (κ2) is 9.56. The number of hydrogen-bond donors (Lipinski definition) is 2. The molecule has 1 saturated carbocycles. The number of carbonyl (C=O) groups is 2. The predicted molar refractivity (Wildman–Crippen MR) is 136 cm³/mol. The highest BCUT2D eigenvalue weighted by atomic mass is 19.3. The molecule has 208 valence electrons. The lowest BCUT2D eigenvalue weighted by Gasteiger charge is -2.45. The summed E-state index contributed by atoms with van der Waals surface area (Å²) < 4.78 is 43.8. The van der Waals surface area contributed by atoms with Crippen LogP contribution in [0.25, 0.3) is 0 Å². The van der Waals surface area contributed by atoms with Crippen molar-refractivity contribution in [2.45, 2.75) is 63.0 Å². The van der Waals surface area contributed by atoms with Crippen LogP contribution >= 0.6 is 0 Å². The lowest BCUT2D eigenvalue weighted by molar-refractivity contribution is -0.141.